The highest BCUT2D eigenvalue weighted by atomic mass is 16.4. The van der Waals surface area contributed by atoms with Crippen molar-refractivity contribution >= 4 is 11.9 Å². The van der Waals surface area contributed by atoms with Crippen molar-refractivity contribution in [3.05, 3.63) is 11.4 Å². The van der Waals surface area contributed by atoms with Gasteiger partial charge in [0.25, 0.3) is 0 Å². The molecule has 1 aromatic heterocycles. The molecule has 1 fully saturated rings. The van der Waals surface area contributed by atoms with Crippen molar-refractivity contribution in [2.45, 2.75) is 39.2 Å². The van der Waals surface area contributed by atoms with Crippen molar-refractivity contribution in [1.82, 2.24) is 15.2 Å². The molecule has 1 atom stereocenters. The molecule has 0 saturated heterocycles. The molecule has 0 amide bonds. The number of anilines is 1. The summed E-state index contributed by atoms with van der Waals surface area (Å²) in [6.07, 6.45) is 1.85. The van der Waals surface area contributed by atoms with E-state index in [2.05, 4.69) is 20.5 Å². The molecule has 6 heteroatoms. The van der Waals surface area contributed by atoms with Gasteiger partial charge in [-0.1, -0.05) is 0 Å². The highest BCUT2D eigenvalue weighted by Crippen LogP contribution is 2.41. The Bertz CT molecular complexity index is 459. The molecule has 1 aromatic rings. The van der Waals surface area contributed by atoms with Crippen LogP contribution in [-0.2, 0) is 4.79 Å². The minimum Gasteiger partial charge on any atom is -0.480 e. The number of carboxylic acids is 1. The lowest BCUT2D eigenvalue weighted by Crippen LogP contribution is -2.46. The van der Waals surface area contributed by atoms with E-state index >= 15 is 0 Å². The van der Waals surface area contributed by atoms with Gasteiger partial charge in [-0.15, -0.1) is 5.10 Å². The van der Waals surface area contributed by atoms with Crippen molar-refractivity contribution in [1.29, 1.82) is 0 Å². The third kappa shape index (κ3) is 2.20. The summed E-state index contributed by atoms with van der Waals surface area (Å²) in [7, 11) is 0. The SMILES string of the molecule is Cc1nnc(NC(C)(C(=O)O)C2CC2)nc1C. The van der Waals surface area contributed by atoms with E-state index in [1.807, 2.05) is 13.8 Å². The minimum absolute atomic E-state index is 0.144. The first kappa shape index (κ1) is 11.8. The molecule has 1 saturated carbocycles. The summed E-state index contributed by atoms with van der Waals surface area (Å²) in [4.78, 5) is 15.5. The van der Waals surface area contributed by atoms with Crippen LogP contribution in [0.2, 0.25) is 0 Å². The predicted molar refractivity (Wildman–Crippen MR) is 61.7 cm³/mol. The lowest BCUT2D eigenvalue weighted by molar-refractivity contribution is -0.142. The monoisotopic (exact) mass is 236 g/mol. The Balaban J connectivity index is 2.23. The maximum Gasteiger partial charge on any atom is 0.329 e. The number of carboxylic acid groups (broad SMARTS) is 1. The third-order valence-electron chi connectivity index (χ3n) is 3.30. The topological polar surface area (TPSA) is 88.0 Å². The van der Waals surface area contributed by atoms with E-state index < -0.39 is 11.5 Å². The standard InChI is InChI=1S/C11H16N4O2/c1-6-7(2)14-15-10(12-6)13-11(3,9(16)17)8-4-5-8/h8H,4-5H2,1-3H3,(H,16,17)(H,12,13,15). The van der Waals surface area contributed by atoms with Crippen LogP contribution in [0.5, 0.6) is 0 Å². The van der Waals surface area contributed by atoms with Crippen LogP contribution in [0.1, 0.15) is 31.2 Å². The van der Waals surface area contributed by atoms with Gasteiger partial charge in [0.05, 0.1) is 11.4 Å². The van der Waals surface area contributed by atoms with Gasteiger partial charge in [-0.3, -0.25) is 0 Å². The number of aryl methyl sites for hydroxylation is 2. The normalized spacial score (nSPS) is 18.5. The summed E-state index contributed by atoms with van der Waals surface area (Å²) in [5, 5.41) is 20.0. The van der Waals surface area contributed by atoms with Crippen LogP contribution < -0.4 is 5.32 Å². The predicted octanol–water partition coefficient (Wildman–Crippen LogP) is 1.15. The Morgan fingerprint density at radius 1 is 1.35 bits per heavy atom. The second-order valence-electron chi connectivity index (χ2n) is 4.71. The summed E-state index contributed by atoms with van der Waals surface area (Å²) in [6.45, 7) is 5.31. The first-order valence-electron chi connectivity index (χ1n) is 5.63. The molecule has 1 unspecified atom stereocenters. The van der Waals surface area contributed by atoms with Gasteiger partial charge in [-0.25, -0.2) is 9.78 Å². The summed E-state index contributed by atoms with van der Waals surface area (Å²) >= 11 is 0. The second-order valence-corrected chi connectivity index (χ2v) is 4.71. The Morgan fingerprint density at radius 3 is 2.47 bits per heavy atom. The summed E-state index contributed by atoms with van der Waals surface area (Å²) < 4.78 is 0. The fraction of sp³-hybridized carbons (Fsp3) is 0.636. The molecule has 0 aromatic carbocycles. The Kier molecular flexibility index (Phi) is 2.73. The van der Waals surface area contributed by atoms with E-state index in [9.17, 15) is 9.90 Å². The van der Waals surface area contributed by atoms with E-state index in [0.29, 0.717) is 0 Å². The molecule has 1 aliphatic carbocycles. The fourth-order valence-corrected chi connectivity index (χ4v) is 1.73. The summed E-state index contributed by atoms with van der Waals surface area (Å²) in [6, 6.07) is 0. The molecular weight excluding hydrogens is 220 g/mol. The molecule has 92 valence electrons. The van der Waals surface area contributed by atoms with Crippen LogP contribution in [0.4, 0.5) is 5.95 Å². The second kappa shape index (κ2) is 3.94. The van der Waals surface area contributed by atoms with E-state index in [-0.39, 0.29) is 11.9 Å². The molecule has 0 bridgehead atoms. The summed E-state index contributed by atoms with van der Waals surface area (Å²) in [5.41, 5.74) is 0.508. The van der Waals surface area contributed by atoms with Gasteiger partial charge in [0.2, 0.25) is 5.95 Å². The molecule has 0 spiro atoms. The van der Waals surface area contributed by atoms with Crippen molar-refractivity contribution in [2.24, 2.45) is 5.92 Å². The highest BCUT2D eigenvalue weighted by Gasteiger charge is 2.48. The Labute approximate surface area is 99.5 Å². The van der Waals surface area contributed by atoms with Gasteiger partial charge in [0.15, 0.2) is 0 Å². The lowest BCUT2D eigenvalue weighted by atomic mass is 9.96. The highest BCUT2D eigenvalue weighted by molar-refractivity contribution is 5.82. The molecule has 2 rings (SSSR count). The lowest BCUT2D eigenvalue weighted by Gasteiger charge is -2.25. The number of nitrogens with zero attached hydrogens (tertiary/aromatic N) is 3. The smallest absolute Gasteiger partial charge is 0.329 e. The quantitative estimate of drug-likeness (QED) is 0.815. The largest absolute Gasteiger partial charge is 0.480 e. The maximum atomic E-state index is 11.3. The van der Waals surface area contributed by atoms with Gasteiger partial charge in [0.1, 0.15) is 5.54 Å². The number of aliphatic carboxylic acids is 1. The molecule has 17 heavy (non-hydrogen) atoms. The van der Waals surface area contributed by atoms with Crippen LogP contribution in [-0.4, -0.2) is 31.8 Å². The first-order valence-corrected chi connectivity index (χ1v) is 5.63. The van der Waals surface area contributed by atoms with Gasteiger partial charge in [0, 0.05) is 0 Å². The average molecular weight is 236 g/mol. The zero-order chi connectivity index (χ0) is 12.6. The van der Waals surface area contributed by atoms with Gasteiger partial charge < -0.3 is 10.4 Å². The van der Waals surface area contributed by atoms with Crippen molar-refractivity contribution < 1.29 is 9.90 Å². The van der Waals surface area contributed by atoms with E-state index in [0.717, 1.165) is 24.2 Å². The van der Waals surface area contributed by atoms with Crippen LogP contribution in [0.25, 0.3) is 0 Å². The van der Waals surface area contributed by atoms with E-state index in [1.165, 1.54) is 0 Å². The van der Waals surface area contributed by atoms with Crippen molar-refractivity contribution in [2.75, 3.05) is 5.32 Å². The zero-order valence-corrected chi connectivity index (χ0v) is 10.2. The molecular formula is C11H16N4O2. The Hall–Kier alpha value is -1.72. The van der Waals surface area contributed by atoms with Gasteiger partial charge in [-0.05, 0) is 39.5 Å². The number of carbonyl (C=O) groups is 1. The third-order valence-corrected chi connectivity index (χ3v) is 3.30. The molecule has 0 aliphatic heterocycles. The van der Waals surface area contributed by atoms with Gasteiger partial charge >= 0.3 is 5.97 Å². The van der Waals surface area contributed by atoms with Gasteiger partial charge in [-0.2, -0.15) is 5.10 Å². The Morgan fingerprint density at radius 2 is 2.00 bits per heavy atom. The fourth-order valence-electron chi connectivity index (χ4n) is 1.73. The molecule has 1 heterocycles. The number of rotatable bonds is 4. The molecule has 2 N–H and O–H groups in total. The number of hydrogen-bond donors (Lipinski definition) is 2. The number of aromatic nitrogens is 3. The van der Waals surface area contributed by atoms with Crippen LogP contribution in [0.3, 0.4) is 0 Å². The summed E-state index contributed by atoms with van der Waals surface area (Å²) in [5.74, 6) is -0.447. The van der Waals surface area contributed by atoms with E-state index in [4.69, 9.17) is 0 Å². The van der Waals surface area contributed by atoms with E-state index in [1.54, 1.807) is 6.92 Å². The molecule has 0 radical (unpaired) electrons. The maximum absolute atomic E-state index is 11.3. The van der Waals surface area contributed by atoms with Crippen LogP contribution in [0, 0.1) is 19.8 Å². The van der Waals surface area contributed by atoms with Crippen molar-refractivity contribution in [3.8, 4) is 0 Å². The van der Waals surface area contributed by atoms with Crippen LogP contribution >= 0.6 is 0 Å². The zero-order valence-electron chi connectivity index (χ0n) is 10.2. The molecule has 1 aliphatic rings. The first-order chi connectivity index (χ1) is 7.93. The van der Waals surface area contributed by atoms with Crippen LogP contribution in [0.15, 0.2) is 0 Å². The molecule has 6 nitrogen and oxygen atoms in total. The van der Waals surface area contributed by atoms with Crippen molar-refractivity contribution in [3.63, 3.8) is 0 Å². The minimum atomic E-state index is -0.997. The number of hydrogen-bond acceptors (Lipinski definition) is 5. The average Bonchev–Trinajstić information content (AvgIpc) is 3.07. The number of nitrogens with one attached hydrogen (secondary N) is 1.